The fraction of sp³-hybridized carbons (Fsp3) is 0.881. The minimum Gasteiger partial charge on any atom is -0.544 e. The minimum atomic E-state index is -1.12. The molecule has 8 nitrogen and oxygen atoms in total. The number of carbonyl (C=O) groups excluding carboxylic acids is 3. The second kappa shape index (κ2) is 34.2. The second-order valence-corrected chi connectivity index (χ2v) is 15.2. The van der Waals surface area contributed by atoms with Crippen molar-refractivity contribution in [1.29, 1.82) is 0 Å². The highest BCUT2D eigenvalue weighted by molar-refractivity contribution is 5.70. The van der Waals surface area contributed by atoms with Crippen LogP contribution < -0.4 is 5.11 Å². The van der Waals surface area contributed by atoms with Crippen LogP contribution in [0.2, 0.25) is 0 Å². The number of carboxylic acids is 1. The Balaban J connectivity index is 4.38. The molecule has 0 fully saturated rings. The topological polar surface area (TPSA) is 102 Å². The molecule has 0 radical (unpaired) electrons. The number of carboxylic acid groups (broad SMARTS) is 1. The molecule has 0 aromatic heterocycles. The Morgan fingerprint density at radius 1 is 0.580 bits per heavy atom. The molecule has 0 spiro atoms. The molecule has 50 heavy (non-hydrogen) atoms. The average Bonchev–Trinajstić information content (AvgIpc) is 3.06. The van der Waals surface area contributed by atoms with Gasteiger partial charge in [-0.05, 0) is 38.5 Å². The molecule has 8 heteroatoms. The second-order valence-electron chi connectivity index (χ2n) is 15.2. The van der Waals surface area contributed by atoms with E-state index in [9.17, 15) is 19.5 Å². The maximum Gasteiger partial charge on any atom is 0.306 e. The lowest BCUT2D eigenvalue weighted by molar-refractivity contribution is -0.889. The standard InChI is InChI=1S/C42H79NO7/c1-6-8-10-12-14-16-18-20-21-23-25-27-29-31-33-41(45)50-38(36-48-35-34-39(42(46)47)43(3,4)5)37-49-40(44)32-30-28-26-24-22-19-17-15-13-11-9-7-2/h18,20,38-39H,6-17,19,21-37H2,1-5H3/b20-18-. The van der Waals surface area contributed by atoms with Crippen molar-refractivity contribution in [3.05, 3.63) is 12.2 Å². The fourth-order valence-corrected chi connectivity index (χ4v) is 6.12. The molecular formula is C42H79NO7. The zero-order valence-corrected chi connectivity index (χ0v) is 33.3. The molecule has 2 atom stereocenters. The average molecular weight is 710 g/mol. The van der Waals surface area contributed by atoms with Gasteiger partial charge in [-0.3, -0.25) is 9.59 Å². The van der Waals surface area contributed by atoms with E-state index in [1.807, 2.05) is 0 Å². The number of unbranched alkanes of at least 4 members (excludes halogenated alkanes) is 21. The quantitative estimate of drug-likeness (QED) is 0.0274. The fourth-order valence-electron chi connectivity index (χ4n) is 6.12. The summed E-state index contributed by atoms with van der Waals surface area (Å²) in [6.07, 6.45) is 33.7. The normalized spacial score (nSPS) is 13.1. The van der Waals surface area contributed by atoms with E-state index in [-0.39, 0.29) is 42.7 Å². The third kappa shape index (κ3) is 32.0. The summed E-state index contributed by atoms with van der Waals surface area (Å²) in [4.78, 5) is 36.7. The van der Waals surface area contributed by atoms with Crippen LogP contribution in [-0.4, -0.2) is 75.5 Å². The number of hydrogen-bond acceptors (Lipinski definition) is 7. The number of carbonyl (C=O) groups is 3. The largest absolute Gasteiger partial charge is 0.544 e. The smallest absolute Gasteiger partial charge is 0.306 e. The van der Waals surface area contributed by atoms with E-state index in [1.54, 1.807) is 21.1 Å². The van der Waals surface area contributed by atoms with Gasteiger partial charge in [0.25, 0.3) is 0 Å². The van der Waals surface area contributed by atoms with E-state index in [4.69, 9.17) is 14.2 Å². The maximum atomic E-state index is 12.7. The number of likely N-dealkylation sites (N-methyl/N-ethyl adjacent to an activating group) is 1. The summed E-state index contributed by atoms with van der Waals surface area (Å²) in [6.45, 7) is 4.65. The minimum absolute atomic E-state index is 0.0425. The molecule has 0 aliphatic heterocycles. The zero-order chi connectivity index (χ0) is 37.1. The highest BCUT2D eigenvalue weighted by Gasteiger charge is 2.25. The first-order valence-electron chi connectivity index (χ1n) is 20.7. The summed E-state index contributed by atoms with van der Waals surface area (Å²) in [5.41, 5.74) is 0. The summed E-state index contributed by atoms with van der Waals surface area (Å²) in [7, 11) is 5.40. The van der Waals surface area contributed by atoms with Gasteiger partial charge >= 0.3 is 11.9 Å². The van der Waals surface area contributed by atoms with Gasteiger partial charge in [0.2, 0.25) is 0 Å². The monoisotopic (exact) mass is 710 g/mol. The third-order valence-corrected chi connectivity index (χ3v) is 9.40. The molecule has 0 saturated carbocycles. The van der Waals surface area contributed by atoms with Gasteiger partial charge in [-0.15, -0.1) is 0 Å². The first-order chi connectivity index (χ1) is 24.1. The van der Waals surface area contributed by atoms with Crippen LogP contribution in [0.5, 0.6) is 0 Å². The maximum absolute atomic E-state index is 12.7. The zero-order valence-electron chi connectivity index (χ0n) is 33.3. The van der Waals surface area contributed by atoms with Crippen LogP contribution in [0.15, 0.2) is 12.2 Å². The molecule has 0 aliphatic carbocycles. The molecule has 0 bridgehead atoms. The molecule has 0 rings (SSSR count). The van der Waals surface area contributed by atoms with Crippen molar-refractivity contribution in [2.24, 2.45) is 0 Å². The van der Waals surface area contributed by atoms with Crippen molar-refractivity contribution in [1.82, 2.24) is 0 Å². The summed E-state index contributed by atoms with van der Waals surface area (Å²) < 4.78 is 17.1. The highest BCUT2D eigenvalue weighted by Crippen LogP contribution is 2.14. The number of aliphatic carboxylic acids is 1. The summed E-state index contributed by atoms with van der Waals surface area (Å²) in [5, 5.41) is 11.6. The first kappa shape index (κ1) is 48.1. The number of hydrogen-bond donors (Lipinski definition) is 0. The Labute approximate surface area is 308 Å². The van der Waals surface area contributed by atoms with Gasteiger partial charge in [0.15, 0.2) is 6.10 Å². The first-order valence-corrected chi connectivity index (χ1v) is 20.7. The van der Waals surface area contributed by atoms with Gasteiger partial charge < -0.3 is 28.6 Å². The number of quaternary nitrogens is 1. The Kier molecular flexibility index (Phi) is 32.9. The number of esters is 2. The van der Waals surface area contributed by atoms with Crippen molar-refractivity contribution < 1.29 is 38.2 Å². The lowest BCUT2D eigenvalue weighted by atomic mass is 10.0. The molecular weight excluding hydrogens is 630 g/mol. The molecule has 0 aromatic carbocycles. The van der Waals surface area contributed by atoms with Gasteiger partial charge in [0, 0.05) is 19.3 Å². The van der Waals surface area contributed by atoms with Crippen LogP contribution >= 0.6 is 0 Å². The van der Waals surface area contributed by atoms with Crippen molar-refractivity contribution in [3.63, 3.8) is 0 Å². The molecule has 0 heterocycles. The predicted octanol–water partition coefficient (Wildman–Crippen LogP) is 9.41. The number of ether oxygens (including phenoxy) is 3. The van der Waals surface area contributed by atoms with Crippen LogP contribution in [0, 0.1) is 0 Å². The summed E-state index contributed by atoms with van der Waals surface area (Å²) in [6, 6.07) is -0.722. The van der Waals surface area contributed by atoms with E-state index in [0.717, 1.165) is 51.4 Å². The van der Waals surface area contributed by atoms with Crippen LogP contribution in [-0.2, 0) is 28.6 Å². The van der Waals surface area contributed by atoms with Crippen molar-refractivity contribution in [2.75, 3.05) is 41.0 Å². The van der Waals surface area contributed by atoms with Gasteiger partial charge in [0.1, 0.15) is 12.6 Å². The SMILES string of the molecule is CCCCCCC/C=C\CCCCCCCC(=O)OC(COCCC(C(=O)[O-])[N+](C)(C)C)COC(=O)CCCCCCCCCCCCCC. The highest BCUT2D eigenvalue weighted by atomic mass is 16.6. The lowest BCUT2D eigenvalue weighted by Crippen LogP contribution is -2.55. The Hall–Kier alpha value is -1.93. The van der Waals surface area contributed by atoms with Crippen molar-refractivity contribution in [3.8, 4) is 0 Å². The molecule has 0 amide bonds. The van der Waals surface area contributed by atoms with Crippen molar-refractivity contribution in [2.45, 2.75) is 199 Å². The molecule has 294 valence electrons. The van der Waals surface area contributed by atoms with E-state index in [1.165, 1.54) is 103 Å². The van der Waals surface area contributed by atoms with E-state index < -0.39 is 18.1 Å². The number of allylic oxidation sites excluding steroid dienone is 2. The molecule has 0 saturated heterocycles. The van der Waals surface area contributed by atoms with Gasteiger partial charge in [-0.2, -0.15) is 0 Å². The predicted molar refractivity (Wildman–Crippen MR) is 204 cm³/mol. The Morgan fingerprint density at radius 3 is 1.44 bits per heavy atom. The molecule has 0 N–H and O–H groups in total. The third-order valence-electron chi connectivity index (χ3n) is 9.40. The van der Waals surface area contributed by atoms with Crippen molar-refractivity contribution >= 4 is 17.9 Å². The number of rotatable bonds is 37. The summed E-state index contributed by atoms with van der Waals surface area (Å²) in [5.74, 6) is -1.74. The van der Waals surface area contributed by atoms with Crippen LogP contribution in [0.4, 0.5) is 0 Å². The molecule has 0 aliphatic rings. The van der Waals surface area contributed by atoms with E-state index >= 15 is 0 Å². The lowest BCUT2D eigenvalue weighted by Gasteiger charge is -2.34. The van der Waals surface area contributed by atoms with E-state index in [0.29, 0.717) is 12.8 Å². The molecule has 0 aromatic rings. The van der Waals surface area contributed by atoms with Gasteiger partial charge in [0.05, 0.1) is 40.3 Å². The molecule has 2 unspecified atom stereocenters. The Bertz CT molecular complexity index is 838. The van der Waals surface area contributed by atoms with Gasteiger partial charge in [-0.25, -0.2) is 0 Å². The van der Waals surface area contributed by atoms with Crippen LogP contribution in [0.1, 0.15) is 187 Å². The van der Waals surface area contributed by atoms with Crippen LogP contribution in [0.25, 0.3) is 0 Å². The van der Waals surface area contributed by atoms with Gasteiger partial charge in [-0.1, -0.05) is 142 Å². The van der Waals surface area contributed by atoms with Crippen LogP contribution in [0.3, 0.4) is 0 Å². The Morgan fingerprint density at radius 2 is 1.00 bits per heavy atom. The number of nitrogens with zero attached hydrogens (tertiary/aromatic N) is 1. The van der Waals surface area contributed by atoms with E-state index in [2.05, 4.69) is 26.0 Å². The summed E-state index contributed by atoms with van der Waals surface area (Å²) >= 11 is 0.